The van der Waals surface area contributed by atoms with Crippen LogP contribution in [0.15, 0.2) is 64.2 Å². The summed E-state index contributed by atoms with van der Waals surface area (Å²) >= 11 is 1.46. The van der Waals surface area contributed by atoms with E-state index in [1.54, 1.807) is 18.3 Å². The molecule has 26 heavy (non-hydrogen) atoms. The van der Waals surface area contributed by atoms with Crippen LogP contribution >= 0.6 is 11.8 Å². The van der Waals surface area contributed by atoms with Crippen molar-refractivity contribution in [3.63, 3.8) is 0 Å². The van der Waals surface area contributed by atoms with Crippen molar-refractivity contribution in [1.82, 2.24) is 20.4 Å². The number of thioether (sulfide) groups is 1. The minimum Gasteiger partial charge on any atom is -0.420 e. The van der Waals surface area contributed by atoms with Gasteiger partial charge in [0.2, 0.25) is 11.8 Å². The van der Waals surface area contributed by atoms with Crippen LogP contribution in [0.5, 0.6) is 0 Å². The van der Waals surface area contributed by atoms with Gasteiger partial charge in [0.05, 0.1) is 16.9 Å². The predicted octanol–water partition coefficient (Wildman–Crippen LogP) is 3.88. The van der Waals surface area contributed by atoms with E-state index in [-0.39, 0.29) is 5.69 Å². The molecule has 128 valence electrons. The Morgan fingerprint density at radius 2 is 1.85 bits per heavy atom. The van der Waals surface area contributed by atoms with E-state index in [4.69, 9.17) is 4.42 Å². The number of benzene rings is 2. The molecule has 0 fully saturated rings. The van der Waals surface area contributed by atoms with E-state index >= 15 is 0 Å². The van der Waals surface area contributed by atoms with E-state index in [1.165, 1.54) is 23.9 Å². The van der Waals surface area contributed by atoms with Crippen molar-refractivity contribution in [1.29, 1.82) is 0 Å². The van der Waals surface area contributed by atoms with Crippen molar-refractivity contribution in [3.05, 3.63) is 70.7 Å². The molecule has 0 aliphatic heterocycles. The third-order valence-corrected chi connectivity index (χ3v) is 4.63. The van der Waals surface area contributed by atoms with Crippen LogP contribution < -0.4 is 0 Å². The van der Waals surface area contributed by atoms with E-state index < -0.39 is 4.92 Å². The maximum atomic E-state index is 10.7. The van der Waals surface area contributed by atoms with E-state index in [2.05, 4.69) is 20.4 Å². The molecule has 0 amide bonds. The molecule has 0 unspecified atom stereocenters. The van der Waals surface area contributed by atoms with E-state index in [0.717, 1.165) is 15.8 Å². The normalized spacial score (nSPS) is 10.9. The Balaban J connectivity index is 1.51. The molecule has 0 saturated heterocycles. The van der Waals surface area contributed by atoms with Crippen molar-refractivity contribution in [3.8, 4) is 11.5 Å². The van der Waals surface area contributed by atoms with Gasteiger partial charge in [-0.2, -0.15) is 5.10 Å². The minimum atomic E-state index is -0.453. The first-order valence-corrected chi connectivity index (χ1v) is 8.60. The summed E-state index contributed by atoms with van der Waals surface area (Å²) in [6, 6.07) is 13.8. The number of fused-ring (bicyclic) bond motifs is 1. The lowest BCUT2D eigenvalue weighted by Crippen LogP contribution is -1.88. The summed E-state index contributed by atoms with van der Waals surface area (Å²) in [4.78, 5) is 10.3. The van der Waals surface area contributed by atoms with Crippen LogP contribution in [-0.4, -0.2) is 25.3 Å². The van der Waals surface area contributed by atoms with Gasteiger partial charge in [-0.3, -0.25) is 10.1 Å². The average Bonchev–Trinajstić information content (AvgIpc) is 3.15. The largest absolute Gasteiger partial charge is 0.420 e. The highest BCUT2D eigenvalue weighted by molar-refractivity contribution is 7.98. The van der Waals surface area contributed by atoms with Gasteiger partial charge in [-0.05, 0) is 12.1 Å². The second-order valence-electron chi connectivity index (χ2n) is 5.33. The molecule has 2 aromatic carbocycles. The third-order valence-electron chi connectivity index (χ3n) is 3.66. The fraction of sp³-hybridized carbons (Fsp3) is 0.0588. The number of hydrogen-bond donors (Lipinski definition) is 0. The Hall–Kier alpha value is -3.33. The Morgan fingerprint density at radius 1 is 1.04 bits per heavy atom. The predicted molar refractivity (Wildman–Crippen MR) is 95.5 cm³/mol. The molecule has 2 heterocycles. The maximum Gasteiger partial charge on any atom is 0.269 e. The fourth-order valence-electron chi connectivity index (χ4n) is 2.39. The number of non-ortho nitro benzene ring substituents is 1. The first kappa shape index (κ1) is 16.2. The van der Waals surface area contributed by atoms with Gasteiger partial charge >= 0.3 is 0 Å². The molecular weight excluding hydrogens is 354 g/mol. The average molecular weight is 365 g/mol. The molecule has 4 rings (SSSR count). The molecule has 8 nitrogen and oxygen atoms in total. The van der Waals surface area contributed by atoms with Crippen LogP contribution in [0.4, 0.5) is 5.69 Å². The minimum absolute atomic E-state index is 0.0126. The zero-order chi connectivity index (χ0) is 17.9. The lowest BCUT2D eigenvalue weighted by Gasteiger charge is -2.02. The molecule has 0 aliphatic carbocycles. The molecule has 0 bridgehead atoms. The van der Waals surface area contributed by atoms with Gasteiger partial charge < -0.3 is 4.42 Å². The Morgan fingerprint density at radius 3 is 2.65 bits per heavy atom. The van der Waals surface area contributed by atoms with Gasteiger partial charge in [0, 0.05) is 28.5 Å². The van der Waals surface area contributed by atoms with Gasteiger partial charge in [0.15, 0.2) is 0 Å². The molecule has 4 aromatic rings. The van der Waals surface area contributed by atoms with Crippen LogP contribution in [0.25, 0.3) is 22.2 Å². The lowest BCUT2D eigenvalue weighted by atomic mass is 10.2. The van der Waals surface area contributed by atoms with Crippen molar-refractivity contribution < 1.29 is 9.34 Å². The number of aromatic nitrogens is 4. The number of nitrogens with zero attached hydrogens (tertiary/aromatic N) is 5. The van der Waals surface area contributed by atoms with Gasteiger partial charge in [-0.25, -0.2) is 0 Å². The highest BCUT2D eigenvalue weighted by atomic mass is 32.2. The second-order valence-corrected chi connectivity index (χ2v) is 6.29. The van der Waals surface area contributed by atoms with Crippen LogP contribution in [0.2, 0.25) is 0 Å². The Labute approximate surface area is 151 Å². The molecule has 2 aromatic heterocycles. The zero-order valence-corrected chi connectivity index (χ0v) is 14.1. The standard InChI is InChI=1S/C17H11N5O3S/c23-22(24)13-7-5-11(6-8-13)16-20-19-15(25-16)10-26-17-14-4-2-1-3-12(14)9-18-21-17/h1-9H,10H2. The van der Waals surface area contributed by atoms with Crippen LogP contribution in [0, 0.1) is 10.1 Å². The van der Waals surface area contributed by atoms with Crippen molar-refractivity contribution in [2.24, 2.45) is 0 Å². The molecule has 0 N–H and O–H groups in total. The van der Waals surface area contributed by atoms with Gasteiger partial charge in [0.25, 0.3) is 5.69 Å². The van der Waals surface area contributed by atoms with Crippen LogP contribution in [0.3, 0.4) is 0 Å². The van der Waals surface area contributed by atoms with Gasteiger partial charge in [0.1, 0.15) is 5.03 Å². The SMILES string of the molecule is O=[N+]([O-])c1ccc(-c2nnc(CSc3nncc4ccccc34)o2)cc1. The highest BCUT2D eigenvalue weighted by Gasteiger charge is 2.12. The molecular formula is C17H11N5O3S. The topological polar surface area (TPSA) is 108 Å². The summed E-state index contributed by atoms with van der Waals surface area (Å²) in [6.45, 7) is 0. The first-order valence-electron chi connectivity index (χ1n) is 7.61. The van der Waals surface area contributed by atoms with Gasteiger partial charge in [-0.15, -0.1) is 15.3 Å². The Bertz CT molecular complexity index is 1080. The first-order chi connectivity index (χ1) is 12.7. The number of nitro groups is 1. The smallest absolute Gasteiger partial charge is 0.269 e. The molecule has 0 aliphatic rings. The monoisotopic (exact) mass is 365 g/mol. The fourth-order valence-corrected chi connectivity index (χ4v) is 3.22. The summed E-state index contributed by atoms with van der Waals surface area (Å²) in [7, 11) is 0. The summed E-state index contributed by atoms with van der Waals surface area (Å²) < 4.78 is 5.64. The van der Waals surface area contributed by atoms with E-state index in [0.29, 0.717) is 23.1 Å². The molecule has 9 heteroatoms. The number of nitro benzene ring substituents is 1. The van der Waals surface area contributed by atoms with Crippen LogP contribution in [0.1, 0.15) is 5.89 Å². The lowest BCUT2D eigenvalue weighted by molar-refractivity contribution is -0.384. The maximum absolute atomic E-state index is 10.7. The van der Waals surface area contributed by atoms with Crippen molar-refractivity contribution in [2.75, 3.05) is 0 Å². The quantitative estimate of drug-likeness (QED) is 0.298. The van der Waals surface area contributed by atoms with E-state index in [9.17, 15) is 10.1 Å². The summed E-state index contributed by atoms with van der Waals surface area (Å²) in [5.74, 6) is 1.21. The Kier molecular flexibility index (Phi) is 4.28. The number of rotatable bonds is 5. The second kappa shape index (κ2) is 6.89. The molecule has 0 saturated carbocycles. The molecule has 0 spiro atoms. The zero-order valence-electron chi connectivity index (χ0n) is 13.3. The van der Waals surface area contributed by atoms with Crippen LogP contribution in [-0.2, 0) is 5.75 Å². The molecule has 0 radical (unpaired) electrons. The van der Waals surface area contributed by atoms with E-state index in [1.807, 2.05) is 24.3 Å². The van der Waals surface area contributed by atoms with Gasteiger partial charge in [-0.1, -0.05) is 36.0 Å². The third kappa shape index (κ3) is 3.24. The molecule has 0 atom stereocenters. The van der Waals surface area contributed by atoms with Crippen molar-refractivity contribution >= 4 is 28.2 Å². The summed E-state index contributed by atoms with van der Waals surface area (Å²) in [5.41, 5.74) is 0.642. The summed E-state index contributed by atoms with van der Waals surface area (Å²) in [6.07, 6.45) is 1.72. The number of hydrogen-bond acceptors (Lipinski definition) is 8. The van der Waals surface area contributed by atoms with Crippen molar-refractivity contribution in [2.45, 2.75) is 10.8 Å². The highest BCUT2D eigenvalue weighted by Crippen LogP contribution is 2.28. The summed E-state index contributed by atoms with van der Waals surface area (Å²) in [5, 5.41) is 29.7.